The number of hydrogen-bond donors (Lipinski definition) is 3. The molecule has 0 spiro atoms. The lowest BCUT2D eigenvalue weighted by Crippen LogP contribution is -2.13. The second-order valence-electron chi connectivity index (χ2n) is 3.93. The third-order valence-corrected chi connectivity index (χ3v) is 2.46. The van der Waals surface area contributed by atoms with Crippen molar-refractivity contribution in [2.24, 2.45) is 11.7 Å². The molecule has 80 valence electrons. The molecule has 2 rings (SSSR count). The summed E-state index contributed by atoms with van der Waals surface area (Å²) in [4.78, 5) is 7.59. The first-order valence-corrected chi connectivity index (χ1v) is 5.06. The molecule has 15 heavy (non-hydrogen) atoms. The predicted molar refractivity (Wildman–Crippen MR) is 59.7 cm³/mol. The third kappa shape index (κ3) is 2.10. The van der Waals surface area contributed by atoms with Gasteiger partial charge in [0.25, 0.3) is 0 Å². The zero-order valence-corrected chi connectivity index (χ0v) is 8.70. The molecule has 1 atom stereocenters. The molecule has 0 saturated heterocycles. The van der Waals surface area contributed by atoms with Gasteiger partial charge in [0.1, 0.15) is 11.6 Å². The molecule has 0 amide bonds. The monoisotopic (exact) mass is 205 g/mol. The van der Waals surface area contributed by atoms with Crippen molar-refractivity contribution >= 4 is 11.0 Å². The van der Waals surface area contributed by atoms with Crippen molar-refractivity contribution in [3.05, 3.63) is 24.0 Å². The normalized spacial score (nSPS) is 13.2. The minimum Gasteiger partial charge on any atom is -0.508 e. The first-order chi connectivity index (χ1) is 7.19. The number of benzene rings is 1. The maximum Gasteiger partial charge on any atom is 0.117 e. The number of rotatable bonds is 3. The number of phenols is 1. The van der Waals surface area contributed by atoms with Gasteiger partial charge < -0.3 is 15.8 Å². The Kier molecular flexibility index (Phi) is 2.60. The fourth-order valence-electron chi connectivity index (χ4n) is 1.56. The minimum atomic E-state index is 0.254. The van der Waals surface area contributed by atoms with Gasteiger partial charge >= 0.3 is 0 Å². The highest BCUT2D eigenvalue weighted by molar-refractivity contribution is 5.76. The van der Waals surface area contributed by atoms with Crippen LogP contribution in [0.1, 0.15) is 12.7 Å². The molecule has 1 aromatic heterocycles. The Morgan fingerprint density at radius 2 is 2.33 bits per heavy atom. The molecule has 0 aliphatic carbocycles. The Hall–Kier alpha value is -1.55. The topological polar surface area (TPSA) is 74.9 Å². The van der Waals surface area contributed by atoms with Crippen LogP contribution in [-0.2, 0) is 6.42 Å². The van der Waals surface area contributed by atoms with Crippen molar-refractivity contribution in [2.75, 3.05) is 6.54 Å². The van der Waals surface area contributed by atoms with Crippen molar-refractivity contribution < 1.29 is 5.11 Å². The van der Waals surface area contributed by atoms with E-state index in [9.17, 15) is 5.11 Å². The Bertz CT molecular complexity index is 464. The molecule has 1 unspecified atom stereocenters. The molecule has 0 fully saturated rings. The van der Waals surface area contributed by atoms with Crippen LogP contribution in [0, 0.1) is 5.92 Å². The average molecular weight is 205 g/mol. The summed E-state index contributed by atoms with van der Waals surface area (Å²) in [5, 5.41) is 9.30. The van der Waals surface area contributed by atoms with Crippen LogP contribution < -0.4 is 5.73 Å². The zero-order chi connectivity index (χ0) is 10.8. The van der Waals surface area contributed by atoms with E-state index in [1.54, 1.807) is 18.2 Å². The van der Waals surface area contributed by atoms with E-state index in [4.69, 9.17) is 5.73 Å². The number of imidazole rings is 1. The highest BCUT2D eigenvalue weighted by Crippen LogP contribution is 2.18. The van der Waals surface area contributed by atoms with E-state index in [0.29, 0.717) is 12.5 Å². The van der Waals surface area contributed by atoms with Crippen LogP contribution in [0.15, 0.2) is 18.2 Å². The molecule has 1 aromatic carbocycles. The number of aromatic amines is 1. The smallest absolute Gasteiger partial charge is 0.117 e. The standard InChI is InChI=1S/C11H15N3O/c1-7(6-12)4-11-13-9-3-2-8(15)5-10(9)14-11/h2-3,5,7,15H,4,6,12H2,1H3,(H,13,14). The van der Waals surface area contributed by atoms with Crippen molar-refractivity contribution in [3.63, 3.8) is 0 Å². The van der Waals surface area contributed by atoms with E-state index < -0.39 is 0 Å². The van der Waals surface area contributed by atoms with Gasteiger partial charge in [0, 0.05) is 12.5 Å². The zero-order valence-electron chi connectivity index (χ0n) is 8.70. The Balaban J connectivity index is 2.30. The number of nitrogens with zero attached hydrogens (tertiary/aromatic N) is 1. The molecule has 0 aliphatic rings. The largest absolute Gasteiger partial charge is 0.508 e. The molecule has 4 N–H and O–H groups in total. The first kappa shape index (κ1) is 9.98. The second kappa shape index (κ2) is 3.90. The lowest BCUT2D eigenvalue weighted by Gasteiger charge is -2.03. The molecule has 4 nitrogen and oxygen atoms in total. The summed E-state index contributed by atoms with van der Waals surface area (Å²) in [6, 6.07) is 5.12. The summed E-state index contributed by atoms with van der Waals surface area (Å²) in [6.07, 6.45) is 0.839. The Morgan fingerprint density at radius 3 is 3.07 bits per heavy atom. The quantitative estimate of drug-likeness (QED) is 0.709. The van der Waals surface area contributed by atoms with E-state index in [1.165, 1.54) is 0 Å². The molecule has 1 heterocycles. The van der Waals surface area contributed by atoms with Crippen LogP contribution in [0.4, 0.5) is 0 Å². The van der Waals surface area contributed by atoms with Gasteiger partial charge in [0.05, 0.1) is 11.0 Å². The van der Waals surface area contributed by atoms with E-state index in [2.05, 4.69) is 16.9 Å². The van der Waals surface area contributed by atoms with E-state index in [1.807, 2.05) is 0 Å². The highest BCUT2D eigenvalue weighted by atomic mass is 16.3. The minimum absolute atomic E-state index is 0.254. The van der Waals surface area contributed by atoms with Crippen molar-refractivity contribution in [1.82, 2.24) is 9.97 Å². The first-order valence-electron chi connectivity index (χ1n) is 5.06. The predicted octanol–water partition coefficient (Wildman–Crippen LogP) is 1.41. The molecule has 0 aliphatic heterocycles. The highest BCUT2D eigenvalue weighted by Gasteiger charge is 2.06. The molecule has 4 heteroatoms. The SMILES string of the molecule is CC(CN)Cc1nc2ccc(O)cc2[nH]1. The second-order valence-corrected chi connectivity index (χ2v) is 3.93. The van der Waals surface area contributed by atoms with Crippen LogP contribution in [0.25, 0.3) is 11.0 Å². The van der Waals surface area contributed by atoms with Crippen molar-refractivity contribution in [3.8, 4) is 5.75 Å². The maximum absolute atomic E-state index is 9.30. The van der Waals surface area contributed by atoms with Crippen LogP contribution >= 0.6 is 0 Å². The Labute approximate surface area is 88.1 Å². The Morgan fingerprint density at radius 1 is 1.53 bits per heavy atom. The number of nitrogens with two attached hydrogens (primary N) is 1. The van der Waals surface area contributed by atoms with E-state index >= 15 is 0 Å². The number of aromatic nitrogens is 2. The van der Waals surface area contributed by atoms with Gasteiger partial charge in [-0.25, -0.2) is 4.98 Å². The molecule has 0 radical (unpaired) electrons. The number of H-pyrrole nitrogens is 1. The lowest BCUT2D eigenvalue weighted by molar-refractivity contribution is 0.476. The van der Waals surface area contributed by atoms with Crippen LogP contribution in [0.5, 0.6) is 5.75 Å². The van der Waals surface area contributed by atoms with Gasteiger partial charge in [-0.15, -0.1) is 0 Å². The summed E-state index contributed by atoms with van der Waals surface area (Å²) in [7, 11) is 0. The van der Waals surface area contributed by atoms with Crippen LogP contribution in [-0.4, -0.2) is 21.6 Å². The van der Waals surface area contributed by atoms with Crippen molar-refractivity contribution in [1.29, 1.82) is 0 Å². The van der Waals surface area contributed by atoms with Gasteiger partial charge in [0.2, 0.25) is 0 Å². The van der Waals surface area contributed by atoms with Gasteiger partial charge in [0.15, 0.2) is 0 Å². The van der Waals surface area contributed by atoms with Gasteiger partial charge in [-0.1, -0.05) is 6.92 Å². The van der Waals surface area contributed by atoms with Crippen LogP contribution in [0.3, 0.4) is 0 Å². The molecule has 0 bridgehead atoms. The number of hydrogen-bond acceptors (Lipinski definition) is 3. The third-order valence-electron chi connectivity index (χ3n) is 2.46. The fourth-order valence-corrected chi connectivity index (χ4v) is 1.56. The van der Waals surface area contributed by atoms with Gasteiger partial charge in [-0.2, -0.15) is 0 Å². The molecular weight excluding hydrogens is 190 g/mol. The van der Waals surface area contributed by atoms with E-state index in [-0.39, 0.29) is 5.75 Å². The summed E-state index contributed by atoms with van der Waals surface area (Å²) < 4.78 is 0. The number of fused-ring (bicyclic) bond motifs is 1. The summed E-state index contributed by atoms with van der Waals surface area (Å²) in [6.45, 7) is 2.74. The lowest BCUT2D eigenvalue weighted by atomic mass is 10.1. The summed E-state index contributed by atoms with van der Waals surface area (Å²) in [5.74, 6) is 1.59. The molecule has 2 aromatic rings. The average Bonchev–Trinajstić information content (AvgIpc) is 2.59. The molecule has 0 saturated carbocycles. The van der Waals surface area contributed by atoms with Crippen molar-refractivity contribution in [2.45, 2.75) is 13.3 Å². The number of phenolic OH excluding ortho intramolecular Hbond substituents is 1. The van der Waals surface area contributed by atoms with Crippen LogP contribution in [0.2, 0.25) is 0 Å². The maximum atomic E-state index is 9.30. The van der Waals surface area contributed by atoms with Gasteiger partial charge in [-0.3, -0.25) is 0 Å². The van der Waals surface area contributed by atoms with Gasteiger partial charge in [-0.05, 0) is 24.6 Å². The fraction of sp³-hybridized carbons (Fsp3) is 0.364. The van der Waals surface area contributed by atoms with E-state index in [0.717, 1.165) is 23.3 Å². The number of nitrogens with one attached hydrogen (secondary N) is 1. The summed E-state index contributed by atoms with van der Waals surface area (Å²) >= 11 is 0. The number of aromatic hydroxyl groups is 1. The summed E-state index contributed by atoms with van der Waals surface area (Å²) in [5.41, 5.74) is 7.31. The molecular formula is C11H15N3O.